The number of rotatable bonds is 3. The molecule has 1 N–H and O–H groups in total. The summed E-state index contributed by atoms with van der Waals surface area (Å²) in [4.78, 5) is 8.87. The van der Waals surface area contributed by atoms with E-state index in [4.69, 9.17) is 0 Å². The molecule has 0 spiro atoms. The van der Waals surface area contributed by atoms with Crippen LogP contribution in [0.25, 0.3) is 0 Å². The first-order chi connectivity index (χ1) is 7.32. The van der Waals surface area contributed by atoms with Crippen molar-refractivity contribution in [2.45, 2.75) is 39.2 Å². The molecule has 16 heavy (non-hydrogen) atoms. The molecule has 0 amide bonds. The van der Waals surface area contributed by atoms with Crippen LogP contribution < -0.4 is 5.32 Å². The maximum atomic E-state index is 4.49. The summed E-state index contributed by atoms with van der Waals surface area (Å²) < 4.78 is 0.797. The molecule has 88 valence electrons. The van der Waals surface area contributed by atoms with Crippen LogP contribution in [0.2, 0.25) is 0 Å². The van der Waals surface area contributed by atoms with Crippen molar-refractivity contribution in [3.63, 3.8) is 0 Å². The number of hydrogen-bond donors (Lipinski definition) is 1. The maximum absolute atomic E-state index is 4.49. The lowest BCUT2D eigenvalue weighted by molar-refractivity contribution is 0.544. The van der Waals surface area contributed by atoms with Crippen molar-refractivity contribution >= 4 is 21.7 Å². The van der Waals surface area contributed by atoms with Crippen LogP contribution in [0.5, 0.6) is 0 Å². The van der Waals surface area contributed by atoms with Crippen molar-refractivity contribution in [3.8, 4) is 0 Å². The van der Waals surface area contributed by atoms with E-state index in [2.05, 4.69) is 58.6 Å². The fourth-order valence-corrected chi connectivity index (χ4v) is 1.50. The van der Waals surface area contributed by atoms with Gasteiger partial charge in [-0.2, -0.15) is 0 Å². The van der Waals surface area contributed by atoms with Crippen LogP contribution in [0.15, 0.2) is 23.3 Å². The molecule has 1 rings (SSSR count). The highest BCUT2D eigenvalue weighted by atomic mass is 79.9. The minimum absolute atomic E-state index is 0.0579. The van der Waals surface area contributed by atoms with E-state index in [9.17, 15) is 0 Å². The second-order valence-corrected chi connectivity index (χ2v) is 5.63. The minimum Gasteiger partial charge on any atom is -0.364 e. The number of nitrogens with zero attached hydrogens (tertiary/aromatic N) is 2. The Morgan fingerprint density at radius 3 is 2.56 bits per heavy atom. The SMILES string of the molecule is C=CC(C)Nc1cc(Br)nc(C(C)(C)C)n1. The smallest absolute Gasteiger partial charge is 0.137 e. The average molecular weight is 284 g/mol. The van der Waals surface area contributed by atoms with Crippen molar-refractivity contribution in [1.29, 1.82) is 0 Å². The zero-order valence-electron chi connectivity index (χ0n) is 10.2. The maximum Gasteiger partial charge on any atom is 0.137 e. The summed E-state index contributed by atoms with van der Waals surface area (Å²) in [5, 5.41) is 3.25. The van der Waals surface area contributed by atoms with Crippen molar-refractivity contribution in [2.24, 2.45) is 0 Å². The highest BCUT2D eigenvalue weighted by Crippen LogP contribution is 2.22. The molecule has 1 aromatic rings. The number of aromatic nitrogens is 2. The van der Waals surface area contributed by atoms with Crippen LogP contribution in [0, 0.1) is 0 Å². The van der Waals surface area contributed by atoms with Gasteiger partial charge in [-0.05, 0) is 22.9 Å². The van der Waals surface area contributed by atoms with Crippen molar-refractivity contribution in [1.82, 2.24) is 9.97 Å². The van der Waals surface area contributed by atoms with Gasteiger partial charge in [-0.3, -0.25) is 0 Å². The fraction of sp³-hybridized carbons (Fsp3) is 0.500. The molecule has 0 bridgehead atoms. The lowest BCUT2D eigenvalue weighted by atomic mass is 9.96. The first-order valence-electron chi connectivity index (χ1n) is 5.27. The second-order valence-electron chi connectivity index (χ2n) is 4.82. The van der Waals surface area contributed by atoms with E-state index in [0.29, 0.717) is 0 Å². The first-order valence-corrected chi connectivity index (χ1v) is 6.06. The van der Waals surface area contributed by atoms with Gasteiger partial charge in [-0.25, -0.2) is 9.97 Å². The summed E-state index contributed by atoms with van der Waals surface area (Å²) in [6, 6.07) is 2.06. The molecule has 0 aliphatic carbocycles. The van der Waals surface area contributed by atoms with Gasteiger partial charge in [0.15, 0.2) is 0 Å². The standard InChI is InChI=1S/C12H18BrN3/c1-6-8(2)14-10-7-9(13)15-11(16-10)12(3,4)5/h6-8H,1H2,2-5H3,(H,14,15,16). The minimum atomic E-state index is -0.0579. The molecule has 0 saturated heterocycles. The van der Waals surface area contributed by atoms with Gasteiger partial charge in [-0.1, -0.05) is 26.8 Å². The van der Waals surface area contributed by atoms with Crippen LogP contribution in [-0.2, 0) is 5.41 Å². The Labute approximate surface area is 106 Å². The van der Waals surface area contributed by atoms with Gasteiger partial charge in [-0.15, -0.1) is 6.58 Å². The zero-order chi connectivity index (χ0) is 12.3. The van der Waals surface area contributed by atoms with Crippen molar-refractivity contribution < 1.29 is 0 Å². The molecule has 1 unspecified atom stereocenters. The third-order valence-electron chi connectivity index (χ3n) is 2.09. The molecule has 0 aliphatic rings. The molecule has 4 heteroatoms. The summed E-state index contributed by atoms with van der Waals surface area (Å²) >= 11 is 3.40. The van der Waals surface area contributed by atoms with Gasteiger partial charge in [0.1, 0.15) is 16.2 Å². The zero-order valence-corrected chi connectivity index (χ0v) is 11.8. The summed E-state index contributed by atoms with van der Waals surface area (Å²) in [5.41, 5.74) is -0.0579. The molecule has 3 nitrogen and oxygen atoms in total. The van der Waals surface area contributed by atoms with E-state index in [-0.39, 0.29) is 11.5 Å². The summed E-state index contributed by atoms with van der Waals surface area (Å²) in [7, 11) is 0. The van der Waals surface area contributed by atoms with Gasteiger partial charge < -0.3 is 5.32 Å². The second kappa shape index (κ2) is 4.95. The van der Waals surface area contributed by atoms with Gasteiger partial charge in [0.2, 0.25) is 0 Å². The molecule has 0 fully saturated rings. The van der Waals surface area contributed by atoms with Gasteiger partial charge in [0.25, 0.3) is 0 Å². The van der Waals surface area contributed by atoms with E-state index >= 15 is 0 Å². The largest absolute Gasteiger partial charge is 0.364 e. The predicted octanol–water partition coefficient (Wildman–Crippen LogP) is 3.52. The third-order valence-corrected chi connectivity index (χ3v) is 2.50. The van der Waals surface area contributed by atoms with E-state index in [1.807, 2.05) is 19.1 Å². The Balaban J connectivity index is 3.03. The first kappa shape index (κ1) is 13.2. The Morgan fingerprint density at radius 1 is 1.44 bits per heavy atom. The molecule has 1 aromatic heterocycles. The third kappa shape index (κ3) is 3.59. The van der Waals surface area contributed by atoms with Gasteiger partial charge in [0.05, 0.1) is 0 Å². The highest BCUT2D eigenvalue weighted by molar-refractivity contribution is 9.10. The fourth-order valence-electron chi connectivity index (χ4n) is 1.12. The van der Waals surface area contributed by atoms with Crippen molar-refractivity contribution in [3.05, 3.63) is 29.1 Å². The number of halogens is 1. The highest BCUT2D eigenvalue weighted by Gasteiger charge is 2.18. The van der Waals surface area contributed by atoms with Crippen molar-refractivity contribution in [2.75, 3.05) is 5.32 Å². The van der Waals surface area contributed by atoms with E-state index in [1.165, 1.54) is 0 Å². The average Bonchev–Trinajstić information content (AvgIpc) is 2.15. The van der Waals surface area contributed by atoms with Gasteiger partial charge in [0, 0.05) is 17.5 Å². The quantitative estimate of drug-likeness (QED) is 0.681. The Morgan fingerprint density at radius 2 is 2.06 bits per heavy atom. The molecule has 0 aromatic carbocycles. The summed E-state index contributed by atoms with van der Waals surface area (Å²) in [6.45, 7) is 12.0. The Hall–Kier alpha value is -0.900. The molecule has 0 radical (unpaired) electrons. The molecule has 0 saturated carbocycles. The Bertz CT molecular complexity index is 382. The van der Waals surface area contributed by atoms with Crippen LogP contribution in [-0.4, -0.2) is 16.0 Å². The normalized spacial score (nSPS) is 13.3. The molecule has 1 heterocycles. The molecular weight excluding hydrogens is 266 g/mol. The predicted molar refractivity (Wildman–Crippen MR) is 71.7 cm³/mol. The van der Waals surface area contributed by atoms with Gasteiger partial charge >= 0.3 is 0 Å². The van der Waals surface area contributed by atoms with Crippen LogP contribution in [0.4, 0.5) is 5.82 Å². The number of anilines is 1. The lowest BCUT2D eigenvalue weighted by Crippen LogP contribution is -2.19. The monoisotopic (exact) mass is 283 g/mol. The van der Waals surface area contributed by atoms with E-state index < -0.39 is 0 Å². The van der Waals surface area contributed by atoms with E-state index in [0.717, 1.165) is 16.2 Å². The van der Waals surface area contributed by atoms with Crippen LogP contribution >= 0.6 is 15.9 Å². The summed E-state index contributed by atoms with van der Waals surface area (Å²) in [6.07, 6.45) is 1.84. The number of nitrogens with one attached hydrogen (secondary N) is 1. The topological polar surface area (TPSA) is 37.8 Å². The molecule has 1 atom stereocenters. The summed E-state index contributed by atoms with van der Waals surface area (Å²) in [5.74, 6) is 1.64. The van der Waals surface area contributed by atoms with E-state index in [1.54, 1.807) is 0 Å². The van der Waals surface area contributed by atoms with Crippen LogP contribution in [0.3, 0.4) is 0 Å². The number of hydrogen-bond acceptors (Lipinski definition) is 3. The Kier molecular flexibility index (Phi) is 4.08. The molecule has 0 aliphatic heterocycles. The van der Waals surface area contributed by atoms with Crippen LogP contribution in [0.1, 0.15) is 33.5 Å². The lowest BCUT2D eigenvalue weighted by Gasteiger charge is -2.18. The molecular formula is C12H18BrN3.